The molecule has 0 saturated carbocycles. The summed E-state index contributed by atoms with van der Waals surface area (Å²) in [5, 5.41) is 0. The molecule has 0 aromatic heterocycles. The van der Waals surface area contributed by atoms with Crippen molar-refractivity contribution in [3.05, 3.63) is 0 Å². The Balaban J connectivity index is 2.60. The molecule has 15 heavy (non-hydrogen) atoms. The Kier molecular flexibility index (Phi) is 4.14. The van der Waals surface area contributed by atoms with E-state index in [-0.39, 0.29) is 5.41 Å². The molecule has 0 bridgehead atoms. The van der Waals surface area contributed by atoms with Crippen LogP contribution in [0.25, 0.3) is 0 Å². The van der Waals surface area contributed by atoms with E-state index in [0.717, 1.165) is 25.9 Å². The zero-order valence-corrected chi connectivity index (χ0v) is 10.3. The highest BCUT2D eigenvalue weighted by Crippen LogP contribution is 2.26. The van der Waals surface area contributed by atoms with E-state index >= 15 is 0 Å². The van der Waals surface area contributed by atoms with E-state index < -0.39 is 0 Å². The molecule has 3 nitrogen and oxygen atoms in total. The van der Waals surface area contributed by atoms with Crippen LogP contribution in [0.4, 0.5) is 0 Å². The zero-order chi connectivity index (χ0) is 11.5. The summed E-state index contributed by atoms with van der Waals surface area (Å²) in [6.07, 6.45) is 3.18. The molecule has 1 aliphatic heterocycles. The van der Waals surface area contributed by atoms with Crippen LogP contribution in [0, 0.1) is 11.3 Å². The summed E-state index contributed by atoms with van der Waals surface area (Å²) >= 11 is 0. The van der Waals surface area contributed by atoms with Crippen molar-refractivity contribution in [1.82, 2.24) is 4.90 Å². The molecule has 1 atom stereocenters. The standard InChI is InChI=1S/C12H24N2O/c1-4-12(2,3)11(15)14-7-5-6-10(8-13)9-14/h10H,4-9,13H2,1-3H3. The molecule has 88 valence electrons. The summed E-state index contributed by atoms with van der Waals surface area (Å²) in [7, 11) is 0. The Morgan fingerprint density at radius 3 is 2.73 bits per heavy atom. The van der Waals surface area contributed by atoms with E-state index in [2.05, 4.69) is 6.92 Å². The predicted molar refractivity (Wildman–Crippen MR) is 62.4 cm³/mol. The zero-order valence-electron chi connectivity index (χ0n) is 10.3. The van der Waals surface area contributed by atoms with E-state index in [1.54, 1.807) is 0 Å². The Bertz CT molecular complexity index is 226. The molecule has 3 heteroatoms. The number of rotatable bonds is 3. The van der Waals surface area contributed by atoms with Gasteiger partial charge in [-0.2, -0.15) is 0 Å². The highest BCUT2D eigenvalue weighted by atomic mass is 16.2. The third-order valence-corrected chi connectivity index (χ3v) is 3.60. The smallest absolute Gasteiger partial charge is 0.228 e. The first-order chi connectivity index (χ1) is 7.01. The first-order valence-electron chi connectivity index (χ1n) is 6.00. The summed E-state index contributed by atoms with van der Waals surface area (Å²) in [6.45, 7) is 8.61. The van der Waals surface area contributed by atoms with Gasteiger partial charge in [-0.1, -0.05) is 20.8 Å². The van der Waals surface area contributed by atoms with Gasteiger partial charge in [0.15, 0.2) is 0 Å². The lowest BCUT2D eigenvalue weighted by molar-refractivity contribution is -0.142. The van der Waals surface area contributed by atoms with E-state index in [1.165, 1.54) is 6.42 Å². The Labute approximate surface area is 93.0 Å². The van der Waals surface area contributed by atoms with Gasteiger partial charge >= 0.3 is 0 Å². The van der Waals surface area contributed by atoms with Gasteiger partial charge in [-0.05, 0) is 31.7 Å². The molecule has 0 aromatic carbocycles. The quantitative estimate of drug-likeness (QED) is 0.772. The number of nitrogens with two attached hydrogens (primary N) is 1. The number of likely N-dealkylation sites (tertiary alicyclic amines) is 1. The fourth-order valence-corrected chi connectivity index (χ4v) is 2.02. The molecule has 1 amide bonds. The minimum absolute atomic E-state index is 0.212. The molecule has 0 spiro atoms. The van der Waals surface area contributed by atoms with Gasteiger partial charge in [-0.3, -0.25) is 4.79 Å². The fraction of sp³-hybridized carbons (Fsp3) is 0.917. The van der Waals surface area contributed by atoms with Gasteiger partial charge in [0.2, 0.25) is 5.91 Å². The maximum atomic E-state index is 12.2. The highest BCUT2D eigenvalue weighted by molar-refractivity contribution is 5.82. The lowest BCUT2D eigenvalue weighted by Gasteiger charge is -2.37. The largest absolute Gasteiger partial charge is 0.342 e. The number of nitrogens with zero attached hydrogens (tertiary/aromatic N) is 1. The molecular weight excluding hydrogens is 188 g/mol. The second-order valence-electron chi connectivity index (χ2n) is 5.23. The first kappa shape index (κ1) is 12.5. The van der Waals surface area contributed by atoms with Crippen LogP contribution in [0.15, 0.2) is 0 Å². The van der Waals surface area contributed by atoms with Crippen LogP contribution < -0.4 is 5.73 Å². The molecule has 1 saturated heterocycles. The Morgan fingerprint density at radius 2 is 2.20 bits per heavy atom. The van der Waals surface area contributed by atoms with E-state index in [4.69, 9.17) is 5.73 Å². The summed E-state index contributed by atoms with van der Waals surface area (Å²) in [5.41, 5.74) is 5.46. The average Bonchev–Trinajstić information content (AvgIpc) is 2.28. The predicted octanol–water partition coefficient (Wildman–Crippen LogP) is 1.62. The van der Waals surface area contributed by atoms with Gasteiger partial charge in [0.25, 0.3) is 0 Å². The molecule has 1 aliphatic rings. The van der Waals surface area contributed by atoms with Crippen molar-refractivity contribution in [3.8, 4) is 0 Å². The number of hydrogen-bond acceptors (Lipinski definition) is 2. The van der Waals surface area contributed by atoms with Crippen molar-refractivity contribution in [3.63, 3.8) is 0 Å². The summed E-state index contributed by atoms with van der Waals surface area (Å²) in [4.78, 5) is 14.2. The van der Waals surface area contributed by atoms with Crippen LogP contribution in [0.1, 0.15) is 40.0 Å². The summed E-state index contributed by atoms with van der Waals surface area (Å²) in [6, 6.07) is 0. The maximum Gasteiger partial charge on any atom is 0.228 e. The van der Waals surface area contributed by atoms with Crippen molar-refractivity contribution in [2.45, 2.75) is 40.0 Å². The van der Waals surface area contributed by atoms with E-state index in [1.807, 2.05) is 18.7 Å². The molecule has 1 fully saturated rings. The Morgan fingerprint density at radius 1 is 1.53 bits per heavy atom. The van der Waals surface area contributed by atoms with Crippen molar-refractivity contribution in [2.24, 2.45) is 17.1 Å². The number of hydrogen-bond donors (Lipinski definition) is 1. The van der Waals surface area contributed by atoms with Crippen molar-refractivity contribution in [2.75, 3.05) is 19.6 Å². The van der Waals surface area contributed by atoms with Crippen molar-refractivity contribution >= 4 is 5.91 Å². The third kappa shape index (κ3) is 2.94. The van der Waals surface area contributed by atoms with Gasteiger partial charge in [-0.25, -0.2) is 0 Å². The third-order valence-electron chi connectivity index (χ3n) is 3.60. The minimum atomic E-state index is -0.212. The van der Waals surface area contributed by atoms with Crippen LogP contribution in [0.3, 0.4) is 0 Å². The molecule has 2 N–H and O–H groups in total. The monoisotopic (exact) mass is 212 g/mol. The highest BCUT2D eigenvalue weighted by Gasteiger charge is 2.32. The van der Waals surface area contributed by atoms with Crippen LogP contribution in [-0.2, 0) is 4.79 Å². The van der Waals surface area contributed by atoms with Crippen LogP contribution in [-0.4, -0.2) is 30.4 Å². The summed E-state index contributed by atoms with van der Waals surface area (Å²) < 4.78 is 0. The van der Waals surface area contributed by atoms with Crippen molar-refractivity contribution < 1.29 is 4.79 Å². The maximum absolute atomic E-state index is 12.2. The van der Waals surface area contributed by atoms with Gasteiger partial charge in [0.1, 0.15) is 0 Å². The summed E-state index contributed by atoms with van der Waals surface area (Å²) in [5.74, 6) is 0.804. The van der Waals surface area contributed by atoms with Crippen LogP contribution >= 0.6 is 0 Å². The molecule has 0 aliphatic carbocycles. The molecule has 0 aromatic rings. The minimum Gasteiger partial charge on any atom is -0.342 e. The van der Waals surface area contributed by atoms with E-state index in [0.29, 0.717) is 18.4 Å². The number of piperidine rings is 1. The van der Waals surface area contributed by atoms with Crippen molar-refractivity contribution in [1.29, 1.82) is 0 Å². The molecule has 1 rings (SSSR count). The van der Waals surface area contributed by atoms with Crippen LogP contribution in [0.2, 0.25) is 0 Å². The van der Waals surface area contributed by atoms with Crippen LogP contribution in [0.5, 0.6) is 0 Å². The second-order valence-corrected chi connectivity index (χ2v) is 5.23. The Hall–Kier alpha value is -0.570. The SMILES string of the molecule is CCC(C)(C)C(=O)N1CCCC(CN)C1. The van der Waals surface area contributed by atoms with Gasteiger partial charge < -0.3 is 10.6 Å². The molecule has 1 heterocycles. The topological polar surface area (TPSA) is 46.3 Å². The number of carbonyl (C=O) groups excluding carboxylic acids is 1. The van der Waals surface area contributed by atoms with E-state index in [9.17, 15) is 4.79 Å². The lowest BCUT2D eigenvalue weighted by Crippen LogP contribution is -2.47. The molecular formula is C12H24N2O. The molecule has 1 unspecified atom stereocenters. The van der Waals surface area contributed by atoms with Gasteiger partial charge in [-0.15, -0.1) is 0 Å². The normalized spacial score (nSPS) is 22.9. The number of carbonyl (C=O) groups is 1. The fourth-order valence-electron chi connectivity index (χ4n) is 2.02. The first-order valence-corrected chi connectivity index (χ1v) is 6.00. The average molecular weight is 212 g/mol. The lowest BCUT2D eigenvalue weighted by atomic mass is 9.87. The number of amides is 1. The van der Waals surface area contributed by atoms with Gasteiger partial charge in [0, 0.05) is 18.5 Å². The second kappa shape index (κ2) is 4.97. The molecule has 0 radical (unpaired) electrons. The van der Waals surface area contributed by atoms with Gasteiger partial charge in [0.05, 0.1) is 0 Å².